The first kappa shape index (κ1) is 15.4. The summed E-state index contributed by atoms with van der Waals surface area (Å²) in [6, 6.07) is 0. The molecule has 3 nitrogen and oxygen atoms in total. The lowest BCUT2D eigenvalue weighted by atomic mass is 10.2. The summed E-state index contributed by atoms with van der Waals surface area (Å²) in [7, 11) is 0. The summed E-state index contributed by atoms with van der Waals surface area (Å²) in [6.07, 6.45) is 0.253. The van der Waals surface area contributed by atoms with Crippen molar-refractivity contribution in [1.82, 2.24) is 0 Å². The molecule has 0 fully saturated rings. The third-order valence-corrected chi connectivity index (χ3v) is 0.927. The van der Waals surface area contributed by atoms with Gasteiger partial charge < -0.3 is 4.74 Å². The molecule has 0 heterocycles. The quantitative estimate of drug-likeness (QED) is 0.381. The summed E-state index contributed by atoms with van der Waals surface area (Å²) >= 11 is 0. The molecular weight excluding hydrogens is 168 g/mol. The van der Waals surface area contributed by atoms with E-state index in [1.807, 2.05) is 34.6 Å². The smallest absolute Gasteiger partial charge is 0.106 e. The average molecular weight is 192 g/mol. The minimum Gasteiger partial charge on any atom is -0.376 e. The number of rotatable bonds is 5. The summed E-state index contributed by atoms with van der Waals surface area (Å²) in [5.74, 6) is 0. The van der Waals surface area contributed by atoms with E-state index in [0.29, 0.717) is 13.2 Å². The normalized spacial score (nSPS) is 11.5. The minimum absolute atomic E-state index is 0. The third kappa shape index (κ3) is 14.7. The second-order valence-corrected chi connectivity index (χ2v) is 3.94. The summed E-state index contributed by atoms with van der Waals surface area (Å²) in [5, 5.41) is 0. The predicted molar refractivity (Wildman–Crippen MR) is 54.6 cm³/mol. The van der Waals surface area contributed by atoms with Crippen LogP contribution in [0.4, 0.5) is 0 Å². The fraction of sp³-hybridized carbons (Fsp3) is 1.00. The van der Waals surface area contributed by atoms with Crippen molar-refractivity contribution in [3.05, 3.63) is 0 Å². The molecule has 0 saturated carbocycles. The zero-order valence-electron chi connectivity index (χ0n) is 8.72. The van der Waals surface area contributed by atoms with Gasteiger partial charge in [-0.15, -0.1) is 0 Å². The zero-order chi connectivity index (χ0) is 9.61. The molecule has 0 N–H and O–H groups in total. The van der Waals surface area contributed by atoms with Crippen molar-refractivity contribution in [2.75, 3.05) is 13.2 Å². The SMILES string of the molecule is C.CC(C)OCCOOC(C)(C)C. The maximum Gasteiger partial charge on any atom is 0.106 e. The fourth-order valence-corrected chi connectivity index (χ4v) is 0.536. The molecule has 0 saturated heterocycles. The highest BCUT2D eigenvalue weighted by Gasteiger charge is 2.10. The molecule has 0 amide bonds. The highest BCUT2D eigenvalue weighted by molar-refractivity contribution is 4.54. The molecule has 0 spiro atoms. The second-order valence-electron chi connectivity index (χ2n) is 3.94. The van der Waals surface area contributed by atoms with Gasteiger partial charge in [-0.25, -0.2) is 9.78 Å². The molecule has 0 aliphatic carbocycles. The Hall–Kier alpha value is -0.120. The van der Waals surface area contributed by atoms with E-state index in [1.165, 1.54) is 0 Å². The van der Waals surface area contributed by atoms with Crippen LogP contribution in [0.5, 0.6) is 0 Å². The first-order valence-corrected chi connectivity index (χ1v) is 4.34. The average Bonchev–Trinajstić information content (AvgIpc) is 1.83. The van der Waals surface area contributed by atoms with E-state index in [0.717, 1.165) is 0 Å². The topological polar surface area (TPSA) is 27.7 Å². The Morgan fingerprint density at radius 2 is 1.62 bits per heavy atom. The van der Waals surface area contributed by atoms with Gasteiger partial charge >= 0.3 is 0 Å². The van der Waals surface area contributed by atoms with Crippen LogP contribution in [0.3, 0.4) is 0 Å². The van der Waals surface area contributed by atoms with Gasteiger partial charge in [0.15, 0.2) is 0 Å². The first-order valence-electron chi connectivity index (χ1n) is 4.34. The monoisotopic (exact) mass is 192 g/mol. The summed E-state index contributed by atoms with van der Waals surface area (Å²) in [6.45, 7) is 10.9. The van der Waals surface area contributed by atoms with E-state index in [9.17, 15) is 0 Å². The third-order valence-electron chi connectivity index (χ3n) is 0.927. The van der Waals surface area contributed by atoms with Gasteiger partial charge in [-0.3, -0.25) is 0 Å². The lowest BCUT2D eigenvalue weighted by Crippen LogP contribution is -2.21. The van der Waals surface area contributed by atoms with Crippen molar-refractivity contribution >= 4 is 0 Å². The van der Waals surface area contributed by atoms with Gasteiger partial charge in [0.05, 0.1) is 18.3 Å². The van der Waals surface area contributed by atoms with Crippen LogP contribution in [0, 0.1) is 0 Å². The number of ether oxygens (including phenoxy) is 1. The first-order chi connectivity index (χ1) is 5.42. The van der Waals surface area contributed by atoms with Crippen molar-refractivity contribution < 1.29 is 14.5 Å². The van der Waals surface area contributed by atoms with Gasteiger partial charge in [-0.05, 0) is 34.6 Å². The van der Waals surface area contributed by atoms with Crippen molar-refractivity contribution in [3.63, 3.8) is 0 Å². The highest BCUT2D eigenvalue weighted by atomic mass is 17.2. The van der Waals surface area contributed by atoms with Crippen LogP contribution in [0.2, 0.25) is 0 Å². The molecule has 0 atom stereocenters. The van der Waals surface area contributed by atoms with Crippen molar-refractivity contribution in [2.45, 2.75) is 53.8 Å². The molecule has 0 aromatic heterocycles. The predicted octanol–water partition coefficient (Wildman–Crippen LogP) is 2.79. The minimum atomic E-state index is -0.238. The van der Waals surface area contributed by atoms with E-state index < -0.39 is 0 Å². The molecule has 0 unspecified atom stereocenters. The largest absolute Gasteiger partial charge is 0.376 e. The maximum absolute atomic E-state index is 5.25. The van der Waals surface area contributed by atoms with Gasteiger partial charge in [0.1, 0.15) is 6.61 Å². The Balaban J connectivity index is 0. The van der Waals surface area contributed by atoms with Crippen LogP contribution in [0.1, 0.15) is 42.0 Å². The second kappa shape index (κ2) is 7.30. The Morgan fingerprint density at radius 1 is 1.08 bits per heavy atom. The van der Waals surface area contributed by atoms with Gasteiger partial charge in [0, 0.05) is 0 Å². The lowest BCUT2D eigenvalue weighted by Gasteiger charge is -2.17. The Bertz CT molecular complexity index is 105. The van der Waals surface area contributed by atoms with E-state index in [-0.39, 0.29) is 19.1 Å². The standard InChI is InChI=1S/C9H20O3.CH4/c1-8(2)10-6-7-11-12-9(3,4)5;/h8H,6-7H2,1-5H3;1H4. The summed E-state index contributed by atoms with van der Waals surface area (Å²) in [4.78, 5) is 9.95. The molecule has 0 aliphatic heterocycles. The number of hydrogen-bond donors (Lipinski definition) is 0. The molecule has 13 heavy (non-hydrogen) atoms. The molecule has 0 rings (SSSR count). The van der Waals surface area contributed by atoms with Gasteiger partial charge in [0.2, 0.25) is 0 Å². The Labute approximate surface area is 82.3 Å². The van der Waals surface area contributed by atoms with E-state index in [4.69, 9.17) is 14.5 Å². The maximum atomic E-state index is 5.25. The molecule has 0 bridgehead atoms. The lowest BCUT2D eigenvalue weighted by molar-refractivity contribution is -0.352. The summed E-state index contributed by atoms with van der Waals surface area (Å²) < 4.78 is 5.25. The Morgan fingerprint density at radius 3 is 2.00 bits per heavy atom. The summed E-state index contributed by atoms with van der Waals surface area (Å²) in [5.41, 5.74) is -0.238. The van der Waals surface area contributed by atoms with E-state index >= 15 is 0 Å². The molecule has 3 heteroatoms. The molecule has 0 aromatic rings. The van der Waals surface area contributed by atoms with Crippen LogP contribution in [0.25, 0.3) is 0 Å². The van der Waals surface area contributed by atoms with E-state index in [1.54, 1.807) is 0 Å². The molecule has 0 aliphatic rings. The van der Waals surface area contributed by atoms with Crippen LogP contribution < -0.4 is 0 Å². The van der Waals surface area contributed by atoms with Gasteiger partial charge in [-0.1, -0.05) is 7.43 Å². The van der Waals surface area contributed by atoms with Gasteiger partial charge in [-0.2, -0.15) is 0 Å². The van der Waals surface area contributed by atoms with Crippen LogP contribution in [0.15, 0.2) is 0 Å². The van der Waals surface area contributed by atoms with Crippen molar-refractivity contribution in [3.8, 4) is 0 Å². The molecule has 82 valence electrons. The number of hydrogen-bond acceptors (Lipinski definition) is 3. The van der Waals surface area contributed by atoms with Crippen LogP contribution in [-0.4, -0.2) is 24.9 Å². The van der Waals surface area contributed by atoms with Crippen LogP contribution >= 0.6 is 0 Å². The Kier molecular flexibility index (Phi) is 8.62. The van der Waals surface area contributed by atoms with Crippen molar-refractivity contribution in [1.29, 1.82) is 0 Å². The molecule has 0 radical (unpaired) electrons. The zero-order valence-corrected chi connectivity index (χ0v) is 8.72. The van der Waals surface area contributed by atoms with Crippen LogP contribution in [-0.2, 0) is 14.5 Å². The fourth-order valence-electron chi connectivity index (χ4n) is 0.536. The van der Waals surface area contributed by atoms with E-state index in [2.05, 4.69) is 0 Å². The molecule has 0 aromatic carbocycles. The highest BCUT2D eigenvalue weighted by Crippen LogP contribution is 2.06. The molecular formula is C10H24O3. The van der Waals surface area contributed by atoms with Crippen molar-refractivity contribution in [2.24, 2.45) is 0 Å². The van der Waals surface area contributed by atoms with Gasteiger partial charge in [0.25, 0.3) is 0 Å².